The molecule has 1 heterocycles. The summed E-state index contributed by atoms with van der Waals surface area (Å²) < 4.78 is 1.81. The highest BCUT2D eigenvalue weighted by molar-refractivity contribution is 6.35. The number of nitrogen functional groups attached to an aromatic ring is 1. The molecule has 0 aliphatic rings. The Hall–Kier alpha value is -1.63. The van der Waals surface area contributed by atoms with Gasteiger partial charge in [-0.1, -0.05) is 36.0 Å². The number of nitrogens with zero attached hydrogens (tertiary/aromatic N) is 2. The lowest BCUT2D eigenvalue weighted by Crippen LogP contribution is -2.05. The summed E-state index contributed by atoms with van der Waals surface area (Å²) in [5.41, 5.74) is 7.46. The predicted octanol–water partition coefficient (Wildman–Crippen LogP) is 3.63. The average molecular weight is 294 g/mol. The Bertz CT molecular complexity index is 653. The molecule has 5 heteroatoms. The minimum absolute atomic E-state index is 0.389. The Morgan fingerprint density at radius 3 is 2.79 bits per heavy atom. The van der Waals surface area contributed by atoms with Crippen molar-refractivity contribution in [2.24, 2.45) is 0 Å². The molecule has 0 atom stereocenters. The molecular weight excluding hydrogens is 281 g/mol. The maximum atomic E-state index is 6.18. The van der Waals surface area contributed by atoms with Gasteiger partial charge in [-0.2, -0.15) is 0 Å². The van der Waals surface area contributed by atoms with Gasteiger partial charge in [0.15, 0.2) is 0 Å². The number of hydrogen-bond donors (Lipinski definition) is 1. The van der Waals surface area contributed by atoms with Crippen molar-refractivity contribution in [2.45, 2.75) is 19.9 Å². The van der Waals surface area contributed by atoms with Gasteiger partial charge in [0.1, 0.15) is 17.3 Å². The number of imidazole rings is 1. The van der Waals surface area contributed by atoms with Crippen LogP contribution < -0.4 is 5.73 Å². The summed E-state index contributed by atoms with van der Waals surface area (Å²) in [6, 6.07) is 5.20. The Balaban J connectivity index is 2.63. The molecule has 2 rings (SSSR count). The van der Waals surface area contributed by atoms with E-state index in [1.165, 1.54) is 0 Å². The molecule has 3 nitrogen and oxygen atoms in total. The molecule has 0 aliphatic carbocycles. The van der Waals surface area contributed by atoms with Gasteiger partial charge in [0, 0.05) is 17.0 Å². The Kier molecular flexibility index (Phi) is 4.04. The molecule has 0 fully saturated rings. The average Bonchev–Trinajstić information content (AvgIpc) is 2.70. The van der Waals surface area contributed by atoms with E-state index < -0.39 is 0 Å². The van der Waals surface area contributed by atoms with Crippen LogP contribution in [0.15, 0.2) is 18.2 Å². The molecule has 0 amide bonds. The highest BCUT2D eigenvalue weighted by atomic mass is 35.5. The number of benzene rings is 1. The summed E-state index contributed by atoms with van der Waals surface area (Å²) in [4.78, 5) is 4.52. The van der Waals surface area contributed by atoms with E-state index in [-0.39, 0.29) is 0 Å². The summed E-state index contributed by atoms with van der Waals surface area (Å²) in [6.45, 7) is 2.39. The van der Waals surface area contributed by atoms with Crippen LogP contribution in [0.1, 0.15) is 12.7 Å². The standard InChI is InChI=1S/C14H13Cl2N3/c1-3-7-19-12(4-2)18-13(14(19)17)10-8-9(15)5-6-11(10)16/h1,5-6,8H,4,7,17H2,2H3. The highest BCUT2D eigenvalue weighted by Crippen LogP contribution is 2.34. The maximum absolute atomic E-state index is 6.18. The van der Waals surface area contributed by atoms with Crippen LogP contribution in [-0.4, -0.2) is 9.55 Å². The van der Waals surface area contributed by atoms with Gasteiger partial charge in [0.25, 0.3) is 0 Å². The minimum atomic E-state index is 0.389. The van der Waals surface area contributed by atoms with Gasteiger partial charge in [-0.25, -0.2) is 4.98 Å². The molecule has 0 unspecified atom stereocenters. The molecule has 0 saturated carbocycles. The third-order valence-corrected chi connectivity index (χ3v) is 3.40. The lowest BCUT2D eigenvalue weighted by atomic mass is 10.1. The van der Waals surface area contributed by atoms with E-state index in [9.17, 15) is 0 Å². The maximum Gasteiger partial charge on any atom is 0.132 e. The van der Waals surface area contributed by atoms with E-state index in [0.29, 0.717) is 28.1 Å². The van der Waals surface area contributed by atoms with E-state index in [1.807, 2.05) is 11.5 Å². The Morgan fingerprint density at radius 1 is 1.42 bits per heavy atom. The molecular formula is C14H13Cl2N3. The van der Waals surface area contributed by atoms with Gasteiger partial charge in [0.2, 0.25) is 0 Å². The summed E-state index contributed by atoms with van der Waals surface area (Å²) in [5, 5.41) is 1.15. The molecule has 98 valence electrons. The smallest absolute Gasteiger partial charge is 0.132 e. The SMILES string of the molecule is C#CCn1c(CC)nc(-c2cc(Cl)ccc2Cl)c1N. The summed E-state index contributed by atoms with van der Waals surface area (Å²) in [7, 11) is 0. The van der Waals surface area contributed by atoms with Crippen LogP contribution in [0.2, 0.25) is 10.0 Å². The summed E-state index contributed by atoms with van der Waals surface area (Å²) >= 11 is 12.2. The van der Waals surface area contributed by atoms with Crippen LogP contribution in [0.3, 0.4) is 0 Å². The van der Waals surface area contributed by atoms with Crippen molar-refractivity contribution in [1.82, 2.24) is 9.55 Å². The van der Waals surface area contributed by atoms with Gasteiger partial charge in [-0.15, -0.1) is 6.42 Å². The molecule has 0 aliphatic heterocycles. The number of aromatic nitrogens is 2. The molecule has 1 aromatic carbocycles. The third kappa shape index (κ3) is 2.56. The lowest BCUT2D eigenvalue weighted by molar-refractivity contribution is 0.769. The number of halogens is 2. The summed E-state index contributed by atoms with van der Waals surface area (Å²) in [5.74, 6) is 3.92. The van der Waals surface area contributed by atoms with E-state index in [4.69, 9.17) is 35.4 Å². The second-order valence-electron chi connectivity index (χ2n) is 4.03. The first kappa shape index (κ1) is 13.8. The fraction of sp³-hybridized carbons (Fsp3) is 0.214. The van der Waals surface area contributed by atoms with Crippen LogP contribution >= 0.6 is 23.2 Å². The fourth-order valence-electron chi connectivity index (χ4n) is 1.93. The van der Waals surface area contributed by atoms with Crippen molar-refractivity contribution in [3.63, 3.8) is 0 Å². The number of anilines is 1. The largest absolute Gasteiger partial charge is 0.383 e. The second-order valence-corrected chi connectivity index (χ2v) is 4.87. The van der Waals surface area contributed by atoms with Crippen molar-refractivity contribution in [1.29, 1.82) is 0 Å². The molecule has 2 N–H and O–H groups in total. The van der Waals surface area contributed by atoms with Crippen molar-refractivity contribution in [2.75, 3.05) is 5.73 Å². The first-order valence-corrected chi connectivity index (χ1v) is 6.57. The Morgan fingerprint density at radius 2 is 2.16 bits per heavy atom. The van der Waals surface area contributed by atoms with Gasteiger partial charge < -0.3 is 10.3 Å². The number of terminal acetylenes is 1. The van der Waals surface area contributed by atoms with Crippen LogP contribution in [0, 0.1) is 12.3 Å². The molecule has 0 spiro atoms. The molecule has 0 saturated heterocycles. The van der Waals surface area contributed by atoms with E-state index >= 15 is 0 Å². The number of hydrogen-bond acceptors (Lipinski definition) is 2. The van der Waals surface area contributed by atoms with Gasteiger partial charge in [-0.3, -0.25) is 0 Å². The lowest BCUT2D eigenvalue weighted by Gasteiger charge is -2.05. The van der Waals surface area contributed by atoms with Crippen LogP contribution in [-0.2, 0) is 13.0 Å². The first-order chi connectivity index (χ1) is 9.08. The van der Waals surface area contributed by atoms with Gasteiger partial charge in [-0.05, 0) is 18.2 Å². The van der Waals surface area contributed by atoms with Crippen LogP contribution in [0.5, 0.6) is 0 Å². The van der Waals surface area contributed by atoms with E-state index in [0.717, 1.165) is 17.8 Å². The molecule has 2 aromatic rings. The zero-order chi connectivity index (χ0) is 14.0. The summed E-state index contributed by atoms with van der Waals surface area (Å²) in [6.07, 6.45) is 6.09. The normalized spacial score (nSPS) is 10.4. The number of nitrogens with two attached hydrogens (primary N) is 1. The first-order valence-electron chi connectivity index (χ1n) is 5.82. The number of aryl methyl sites for hydroxylation is 1. The van der Waals surface area contributed by atoms with E-state index in [2.05, 4.69) is 10.9 Å². The fourth-order valence-corrected chi connectivity index (χ4v) is 2.31. The van der Waals surface area contributed by atoms with Crippen molar-refractivity contribution < 1.29 is 0 Å². The predicted molar refractivity (Wildman–Crippen MR) is 80.3 cm³/mol. The minimum Gasteiger partial charge on any atom is -0.383 e. The Labute approximate surface area is 122 Å². The van der Waals surface area contributed by atoms with Crippen molar-refractivity contribution in [3.05, 3.63) is 34.1 Å². The quantitative estimate of drug-likeness (QED) is 0.878. The van der Waals surface area contributed by atoms with Crippen LogP contribution in [0.4, 0.5) is 5.82 Å². The number of rotatable bonds is 3. The topological polar surface area (TPSA) is 43.8 Å². The molecule has 0 bridgehead atoms. The molecule has 0 radical (unpaired) electrons. The zero-order valence-corrected chi connectivity index (χ0v) is 12.0. The zero-order valence-electron chi connectivity index (χ0n) is 10.5. The van der Waals surface area contributed by atoms with Crippen molar-refractivity contribution in [3.8, 4) is 23.6 Å². The van der Waals surface area contributed by atoms with Crippen molar-refractivity contribution >= 4 is 29.0 Å². The monoisotopic (exact) mass is 293 g/mol. The van der Waals surface area contributed by atoms with E-state index in [1.54, 1.807) is 18.2 Å². The van der Waals surface area contributed by atoms with Gasteiger partial charge in [0.05, 0.1) is 11.6 Å². The van der Waals surface area contributed by atoms with Crippen LogP contribution in [0.25, 0.3) is 11.3 Å². The molecule has 1 aromatic heterocycles. The second kappa shape index (κ2) is 5.56. The van der Waals surface area contributed by atoms with Gasteiger partial charge >= 0.3 is 0 Å². The highest BCUT2D eigenvalue weighted by Gasteiger charge is 2.17. The molecule has 19 heavy (non-hydrogen) atoms. The third-order valence-electron chi connectivity index (χ3n) is 2.84.